The first-order chi connectivity index (χ1) is 34.7. The third-order valence-corrected chi connectivity index (χ3v) is 16.4. The molecule has 382 valence electrons. The minimum absolute atomic E-state index is 0.238. The molecule has 8 rings (SSSR count). The lowest BCUT2D eigenvalue weighted by Crippen LogP contribution is -2.33. The van der Waals surface area contributed by atoms with Gasteiger partial charge < -0.3 is 4.74 Å². The molecule has 9 heteroatoms. The number of benzene rings is 5. The van der Waals surface area contributed by atoms with Crippen LogP contribution in [0.1, 0.15) is 215 Å². The summed E-state index contributed by atoms with van der Waals surface area (Å²) in [5.41, 5.74) is 16.3. The number of rotatable bonds is 15. The molecule has 73 heavy (non-hydrogen) atoms. The van der Waals surface area contributed by atoms with E-state index in [4.69, 9.17) is 19.0 Å². The molecule has 0 radical (unpaired) electrons. The smallest absolute Gasteiger partial charge is 0.409 e. The Balaban J connectivity index is 1.68. The van der Waals surface area contributed by atoms with Crippen LogP contribution in [0.3, 0.4) is 0 Å². The van der Waals surface area contributed by atoms with E-state index in [0.717, 1.165) is 39.9 Å². The Morgan fingerprint density at radius 3 is 1.21 bits per heavy atom. The van der Waals surface area contributed by atoms with Gasteiger partial charge in [-0.05, 0) is 96.6 Å². The zero-order chi connectivity index (χ0) is 52.6. The van der Waals surface area contributed by atoms with Gasteiger partial charge in [0.1, 0.15) is 29.5 Å². The van der Waals surface area contributed by atoms with E-state index in [1.807, 2.05) is 13.0 Å². The fourth-order valence-electron chi connectivity index (χ4n) is 10.5. The van der Waals surface area contributed by atoms with E-state index >= 15 is 0 Å². The van der Waals surface area contributed by atoms with Crippen molar-refractivity contribution in [3.05, 3.63) is 189 Å². The second-order valence-electron chi connectivity index (χ2n) is 22.4. The molecule has 5 aromatic carbocycles. The molecule has 0 saturated heterocycles. The van der Waals surface area contributed by atoms with Gasteiger partial charge in [0, 0.05) is 24.9 Å². The number of nitrogens with zero attached hydrogens (tertiary/aromatic N) is 7. The van der Waals surface area contributed by atoms with Gasteiger partial charge in [-0.3, -0.25) is 9.13 Å². The van der Waals surface area contributed by atoms with Gasteiger partial charge in [0.05, 0.1) is 17.2 Å². The quantitative estimate of drug-likeness (QED) is 0.0745. The number of aromatic nitrogens is 4. The van der Waals surface area contributed by atoms with Crippen molar-refractivity contribution in [2.45, 2.75) is 165 Å². The van der Waals surface area contributed by atoms with Gasteiger partial charge in [-0.15, -0.1) is 0 Å². The summed E-state index contributed by atoms with van der Waals surface area (Å²) in [6, 6.07) is 37.5. The molecule has 0 amide bonds. The third kappa shape index (κ3) is 10.5. The van der Waals surface area contributed by atoms with Crippen molar-refractivity contribution in [2.75, 3.05) is 0 Å². The summed E-state index contributed by atoms with van der Waals surface area (Å²) in [5, 5.41) is 0. The number of hydrogen-bond acceptors (Lipinski definition) is 2. The van der Waals surface area contributed by atoms with Crippen LogP contribution in [0, 0.1) is 0 Å². The van der Waals surface area contributed by atoms with Crippen molar-refractivity contribution in [3.63, 3.8) is 0 Å². The van der Waals surface area contributed by atoms with Crippen LogP contribution in [0.15, 0.2) is 148 Å². The molecule has 7 aromatic rings. The lowest BCUT2D eigenvalue weighted by atomic mass is 9.92. The molecule has 0 aliphatic carbocycles. The van der Waals surface area contributed by atoms with E-state index in [1.54, 1.807) is 0 Å². The molecule has 0 N–H and O–H groups in total. The molecular weight excluding hydrogens is 914 g/mol. The number of hydrogen-bond donors (Lipinski definition) is 0. The van der Waals surface area contributed by atoms with Crippen LogP contribution in [0.4, 0.5) is 5.95 Å². The lowest BCUT2D eigenvalue weighted by molar-refractivity contribution is -0.581. The lowest BCUT2D eigenvalue weighted by Gasteiger charge is -2.23. The SMILES string of the molecule is CC1=N[P@@](N=c2n(-c3c(C(C)C)cccc3C(C)C)ccn2-c2c(C(C)C)cccc2C(C)C)(=Nc2n(-c3c(C(C)C)cccc3C(C)C)cc[n+]2-c2c(C(C)C)cccc2C(C)C)C=C(c2ccccc2)O1. The van der Waals surface area contributed by atoms with Crippen LogP contribution in [0.25, 0.3) is 28.5 Å². The standard InChI is InChI=1S/C64H81N7OP/c1-40(2)50-27-21-28-51(41(3)4)59(50)68-35-36-69(60-52(42(5)6)29-22-30-53(60)43(7)8)63(68)66-73(39-58(72-48(17)65-73)49-25-19-18-20-26-49)67-64-70(61-54(44(9)10)31-23-32-55(61)45(11)12)37-38-71(64)62-56(46(13)14)33-24-34-57(62)47(15)16/h18-47H,1-17H3/q+1. The summed E-state index contributed by atoms with van der Waals surface area (Å²) in [7, 11) is -3.48. The second kappa shape index (κ2) is 21.7. The van der Waals surface area contributed by atoms with Gasteiger partial charge >= 0.3 is 5.95 Å². The van der Waals surface area contributed by atoms with Crippen molar-refractivity contribution in [1.82, 2.24) is 13.7 Å². The van der Waals surface area contributed by atoms with E-state index < -0.39 is 7.36 Å². The first-order valence-corrected chi connectivity index (χ1v) is 28.6. The molecule has 0 unspecified atom stereocenters. The highest BCUT2D eigenvalue weighted by atomic mass is 31.2. The monoisotopic (exact) mass is 995 g/mol. The highest BCUT2D eigenvalue weighted by molar-refractivity contribution is 7.67. The van der Waals surface area contributed by atoms with Gasteiger partial charge in [-0.1, -0.05) is 214 Å². The molecule has 1 aliphatic heterocycles. The van der Waals surface area contributed by atoms with E-state index in [1.165, 1.54) is 44.5 Å². The number of imidazole rings is 2. The molecule has 2 aromatic heterocycles. The van der Waals surface area contributed by atoms with E-state index in [2.05, 4.69) is 257 Å². The predicted octanol–water partition coefficient (Wildman–Crippen LogP) is 18.0. The van der Waals surface area contributed by atoms with Crippen LogP contribution in [0.5, 0.6) is 0 Å². The molecule has 0 spiro atoms. The Morgan fingerprint density at radius 2 is 0.822 bits per heavy atom. The van der Waals surface area contributed by atoms with Crippen LogP contribution < -0.4 is 10.2 Å². The van der Waals surface area contributed by atoms with Crippen molar-refractivity contribution in [3.8, 4) is 22.7 Å². The highest BCUT2D eigenvalue weighted by Gasteiger charge is 2.36. The molecular formula is C64H81N7OP+. The molecule has 1 aliphatic rings. The Hall–Kier alpha value is -6.24. The Bertz CT molecular complexity index is 3040. The van der Waals surface area contributed by atoms with Gasteiger partial charge in [-0.2, -0.15) is 18.7 Å². The molecule has 3 heterocycles. The molecule has 1 atom stereocenters. The average Bonchev–Trinajstić information content (AvgIpc) is 3.95. The molecule has 0 fully saturated rings. The fraction of sp³-hybridized carbons (Fsp3) is 0.391. The van der Waals surface area contributed by atoms with Crippen LogP contribution >= 0.6 is 7.36 Å². The van der Waals surface area contributed by atoms with Crippen molar-refractivity contribution < 1.29 is 9.30 Å². The van der Waals surface area contributed by atoms with E-state index in [0.29, 0.717) is 11.7 Å². The Labute approximate surface area is 437 Å². The molecule has 0 bridgehead atoms. The second-order valence-corrected chi connectivity index (χ2v) is 24.5. The fourth-order valence-corrected chi connectivity index (χ4v) is 12.7. The van der Waals surface area contributed by atoms with Gasteiger partial charge in [0.15, 0.2) is 5.90 Å². The minimum Gasteiger partial charge on any atom is -0.442 e. The average molecular weight is 995 g/mol. The van der Waals surface area contributed by atoms with Crippen molar-refractivity contribution in [1.29, 1.82) is 0 Å². The topological polar surface area (TPSA) is 65.0 Å². The Kier molecular flexibility index (Phi) is 15.8. The maximum atomic E-state index is 6.72. The van der Waals surface area contributed by atoms with Crippen molar-refractivity contribution in [2.24, 2.45) is 14.3 Å². The minimum atomic E-state index is -3.48. The van der Waals surface area contributed by atoms with Crippen LogP contribution in [-0.4, -0.2) is 19.6 Å². The third-order valence-electron chi connectivity index (χ3n) is 14.3. The summed E-state index contributed by atoms with van der Waals surface area (Å²) in [6.07, 6.45) is 8.92. The zero-order valence-electron chi connectivity index (χ0n) is 46.8. The molecule has 0 saturated carbocycles. The first kappa shape index (κ1) is 53.1. The van der Waals surface area contributed by atoms with Crippen LogP contribution in [-0.2, 0) is 4.74 Å². The van der Waals surface area contributed by atoms with Gasteiger partial charge in [0.25, 0.3) is 7.36 Å². The maximum Gasteiger partial charge on any atom is 0.409 e. The maximum absolute atomic E-state index is 6.72. The zero-order valence-corrected chi connectivity index (χ0v) is 47.7. The summed E-state index contributed by atoms with van der Waals surface area (Å²) >= 11 is 0. The molecule has 8 nitrogen and oxygen atoms in total. The van der Waals surface area contributed by atoms with Gasteiger partial charge in [-0.25, -0.2) is 0 Å². The Morgan fingerprint density at radius 1 is 0.452 bits per heavy atom. The van der Waals surface area contributed by atoms with Crippen molar-refractivity contribution >= 4 is 25.0 Å². The largest absolute Gasteiger partial charge is 0.442 e. The normalized spacial score (nSPS) is 15.1. The number of ether oxygens (including phenoxy) is 1. The van der Waals surface area contributed by atoms with E-state index in [9.17, 15) is 0 Å². The summed E-state index contributed by atoms with van der Waals surface area (Å²) in [5.74, 6) is 6.03. The predicted molar refractivity (Wildman–Crippen MR) is 308 cm³/mol. The van der Waals surface area contributed by atoms with E-state index in [-0.39, 0.29) is 47.3 Å². The highest BCUT2D eigenvalue weighted by Crippen LogP contribution is 2.60. The number of para-hydroxylation sites is 4. The van der Waals surface area contributed by atoms with Crippen LogP contribution in [0.2, 0.25) is 0 Å². The van der Waals surface area contributed by atoms with Gasteiger partial charge in [0.2, 0.25) is 5.62 Å². The summed E-state index contributed by atoms with van der Waals surface area (Å²) in [4.78, 5) is 0. The summed E-state index contributed by atoms with van der Waals surface area (Å²) in [6.45, 7) is 38.6. The first-order valence-electron chi connectivity index (χ1n) is 26.9. The summed E-state index contributed by atoms with van der Waals surface area (Å²) < 4.78 is 34.3.